The van der Waals surface area contributed by atoms with Crippen molar-refractivity contribution in [3.63, 3.8) is 0 Å². The number of carbonyl (C=O) groups is 2. The number of halogens is 3. The summed E-state index contributed by atoms with van der Waals surface area (Å²) in [6.07, 6.45) is 10.8. The van der Waals surface area contributed by atoms with Crippen LogP contribution in [0.5, 0.6) is 0 Å². The number of hydrogen-bond acceptors (Lipinski definition) is 8. The smallest absolute Gasteiger partial charge is 0.292 e. The second-order valence-corrected chi connectivity index (χ2v) is 12.8. The first-order valence-electron chi connectivity index (χ1n) is 15.8. The lowest BCUT2D eigenvalue weighted by molar-refractivity contribution is -0.129. The summed E-state index contributed by atoms with van der Waals surface area (Å²) in [5.74, 6) is -3.28. The van der Waals surface area contributed by atoms with Gasteiger partial charge in [0.25, 0.3) is 11.8 Å². The van der Waals surface area contributed by atoms with Crippen LogP contribution >= 0.6 is 23.5 Å². The number of carbonyl (C=O) groups excluding carboxylic acids is 2. The first-order valence-corrected chi connectivity index (χ1v) is 17.0. The van der Waals surface area contributed by atoms with Gasteiger partial charge < -0.3 is 16.0 Å². The van der Waals surface area contributed by atoms with Gasteiger partial charge in [-0.2, -0.15) is 5.10 Å². The van der Waals surface area contributed by atoms with Crippen molar-refractivity contribution in [2.45, 2.75) is 77.0 Å². The zero-order valence-corrected chi connectivity index (χ0v) is 29.9. The van der Waals surface area contributed by atoms with Gasteiger partial charge in [0.2, 0.25) is 6.41 Å². The summed E-state index contributed by atoms with van der Waals surface area (Å²) in [7, 11) is 1.80. The van der Waals surface area contributed by atoms with Gasteiger partial charge >= 0.3 is 0 Å². The number of allylic oxidation sites excluding steroid dienone is 3. The van der Waals surface area contributed by atoms with Gasteiger partial charge in [0.05, 0.1) is 13.1 Å². The third-order valence-corrected chi connectivity index (χ3v) is 9.05. The van der Waals surface area contributed by atoms with Crippen molar-refractivity contribution in [3.05, 3.63) is 70.0 Å². The Morgan fingerprint density at radius 1 is 1.23 bits per heavy atom. The molecule has 1 saturated heterocycles. The normalized spacial score (nSPS) is 15.6. The average molecular weight is 696 g/mol. The molecule has 1 heterocycles. The number of alkyl halides is 2. The maximum absolute atomic E-state index is 13.6. The fourth-order valence-corrected chi connectivity index (χ4v) is 6.08. The Bertz CT molecular complexity index is 1220. The molecule has 0 aromatic heterocycles. The van der Waals surface area contributed by atoms with E-state index in [0.29, 0.717) is 17.7 Å². The molecule has 262 valence electrons. The zero-order chi connectivity index (χ0) is 35.4. The molecule has 3 N–H and O–H groups in total. The van der Waals surface area contributed by atoms with Gasteiger partial charge in [0.15, 0.2) is 0 Å². The van der Waals surface area contributed by atoms with Gasteiger partial charge in [0.1, 0.15) is 5.70 Å². The average Bonchev–Trinajstić information content (AvgIpc) is 3.86. The molecule has 0 spiro atoms. The lowest BCUT2D eigenvalue weighted by Gasteiger charge is -2.38. The SMILES string of the molecule is C=CC/C=C(\CCC)CN=C.C=NN(Cc1ccc(C(C)(F)F)cc1Cl)C(=O)/C(=C(/CC)NC)N1CCN(SC2CC2)CC1.NC=O. The summed E-state index contributed by atoms with van der Waals surface area (Å²) < 4.78 is 29.6. The minimum absolute atomic E-state index is 0.0401. The van der Waals surface area contributed by atoms with Crippen LogP contribution in [-0.2, 0) is 22.1 Å². The van der Waals surface area contributed by atoms with Crippen LogP contribution in [0.3, 0.4) is 0 Å². The van der Waals surface area contributed by atoms with E-state index in [-0.39, 0.29) is 29.4 Å². The number of amides is 2. The predicted molar refractivity (Wildman–Crippen MR) is 194 cm³/mol. The van der Waals surface area contributed by atoms with E-state index in [0.717, 1.165) is 63.4 Å². The highest BCUT2D eigenvalue weighted by molar-refractivity contribution is 7.97. The fourth-order valence-electron chi connectivity index (χ4n) is 4.70. The highest BCUT2D eigenvalue weighted by Gasteiger charge is 2.32. The van der Waals surface area contributed by atoms with E-state index in [9.17, 15) is 13.6 Å². The minimum Gasteiger partial charge on any atom is -0.390 e. The number of nitrogens with zero attached hydrogens (tertiary/aromatic N) is 5. The van der Waals surface area contributed by atoms with Crippen LogP contribution in [0.1, 0.15) is 70.4 Å². The largest absolute Gasteiger partial charge is 0.390 e. The number of nitrogens with two attached hydrogens (primary N) is 1. The molecule has 2 aliphatic rings. The third kappa shape index (κ3) is 15.0. The Kier molecular flexibility index (Phi) is 19.9. The molecule has 3 rings (SSSR count). The lowest BCUT2D eigenvalue weighted by Crippen LogP contribution is -2.47. The van der Waals surface area contributed by atoms with Crippen LogP contribution in [0.25, 0.3) is 0 Å². The van der Waals surface area contributed by atoms with Crippen molar-refractivity contribution in [3.8, 4) is 0 Å². The number of piperazine rings is 1. The molecule has 9 nitrogen and oxygen atoms in total. The monoisotopic (exact) mass is 695 g/mol. The van der Waals surface area contributed by atoms with Crippen molar-refractivity contribution in [2.24, 2.45) is 15.8 Å². The van der Waals surface area contributed by atoms with E-state index < -0.39 is 5.92 Å². The molecule has 1 aromatic rings. The summed E-state index contributed by atoms with van der Waals surface area (Å²) in [5, 5.41) is 9.27. The molecule has 0 atom stereocenters. The Morgan fingerprint density at radius 3 is 2.32 bits per heavy atom. The molecular weight excluding hydrogens is 644 g/mol. The summed E-state index contributed by atoms with van der Waals surface area (Å²) >= 11 is 8.20. The van der Waals surface area contributed by atoms with Crippen molar-refractivity contribution in [1.82, 2.24) is 19.5 Å². The zero-order valence-electron chi connectivity index (χ0n) is 28.3. The second-order valence-electron chi connectivity index (χ2n) is 11.0. The summed E-state index contributed by atoms with van der Waals surface area (Å²) in [6, 6.07) is 4.07. The van der Waals surface area contributed by atoms with Crippen molar-refractivity contribution in [2.75, 3.05) is 39.8 Å². The van der Waals surface area contributed by atoms with E-state index in [1.807, 2.05) is 24.9 Å². The summed E-state index contributed by atoms with van der Waals surface area (Å²) in [4.78, 5) is 28.2. The molecule has 1 aromatic carbocycles. The van der Waals surface area contributed by atoms with Crippen LogP contribution in [0.4, 0.5) is 8.78 Å². The summed E-state index contributed by atoms with van der Waals surface area (Å²) in [6.45, 7) is 19.7. The van der Waals surface area contributed by atoms with E-state index in [4.69, 9.17) is 16.4 Å². The Morgan fingerprint density at radius 2 is 1.87 bits per heavy atom. The molecule has 0 radical (unpaired) electrons. The molecule has 1 aliphatic carbocycles. The van der Waals surface area contributed by atoms with Crippen LogP contribution in [0.15, 0.2) is 64.0 Å². The maximum atomic E-state index is 13.6. The van der Waals surface area contributed by atoms with Gasteiger partial charge in [-0.15, -0.1) is 6.58 Å². The van der Waals surface area contributed by atoms with E-state index in [1.54, 1.807) is 7.05 Å². The molecule has 0 bridgehead atoms. The maximum Gasteiger partial charge on any atom is 0.292 e. The number of hydrogen-bond donors (Lipinski definition) is 2. The predicted octanol–water partition coefficient (Wildman–Crippen LogP) is 6.76. The molecule has 1 aliphatic heterocycles. The van der Waals surface area contributed by atoms with Gasteiger partial charge in [-0.05, 0) is 50.5 Å². The topological polar surface area (TPSA) is 107 Å². The molecule has 2 fully saturated rings. The standard InChI is InChI=1S/C23H32ClF2N5OS.C10H17N.CH3NO/c1-5-20(27-3)21(29-10-12-30(13-11-29)33-18-8-9-18)22(32)31(28-4)15-16-6-7-17(14-19(16)24)23(2,25)26;1-4-6-8-10(7-5-2)9-11-3;2-1-3/h6-7,14,18,27H,4-5,8-13,15H2,1-3H3;4,8H,1,3,5-7,9H2,2H3;1H,(H2,2,3)/b21-20+;10-8+;. The number of nitrogens with one attached hydrogen (secondary N) is 1. The summed E-state index contributed by atoms with van der Waals surface area (Å²) in [5.41, 5.74) is 7.28. The Hall–Kier alpha value is -3.22. The molecular formula is C34H52ClF2N7O2S. The highest BCUT2D eigenvalue weighted by Crippen LogP contribution is 2.37. The second kappa shape index (κ2) is 22.4. The van der Waals surface area contributed by atoms with Crippen LogP contribution in [-0.4, -0.2) is 85.0 Å². The number of aliphatic imine (C=N–C) groups is 1. The van der Waals surface area contributed by atoms with Crippen LogP contribution in [0, 0.1) is 0 Å². The number of primary amides is 1. The van der Waals surface area contributed by atoms with Gasteiger partial charge in [-0.1, -0.05) is 73.7 Å². The molecule has 13 heteroatoms. The fraction of sp³-hybridized carbons (Fsp3) is 0.529. The van der Waals surface area contributed by atoms with Gasteiger partial charge in [-0.25, -0.2) is 18.1 Å². The van der Waals surface area contributed by atoms with Crippen LogP contribution in [0.2, 0.25) is 5.02 Å². The van der Waals surface area contributed by atoms with Gasteiger partial charge in [0, 0.05) is 68.4 Å². The molecule has 0 unspecified atom stereocenters. The Balaban J connectivity index is 0.000000663. The number of hydrazone groups is 1. The van der Waals surface area contributed by atoms with E-state index >= 15 is 0 Å². The highest BCUT2D eigenvalue weighted by atomic mass is 35.5. The van der Waals surface area contributed by atoms with Crippen molar-refractivity contribution < 1.29 is 18.4 Å². The van der Waals surface area contributed by atoms with Crippen LogP contribution < -0.4 is 11.1 Å². The quantitative estimate of drug-likeness (QED) is 0.0495. The Labute approximate surface area is 289 Å². The molecule has 47 heavy (non-hydrogen) atoms. The molecule has 2 amide bonds. The van der Waals surface area contributed by atoms with Crippen molar-refractivity contribution >= 4 is 49.3 Å². The van der Waals surface area contributed by atoms with E-state index in [2.05, 4.69) is 63.4 Å². The minimum atomic E-state index is -2.99. The first kappa shape index (κ1) is 41.8. The lowest BCUT2D eigenvalue weighted by atomic mass is 10.1. The van der Waals surface area contributed by atoms with Gasteiger partial charge in [-0.3, -0.25) is 14.6 Å². The van der Waals surface area contributed by atoms with Crippen molar-refractivity contribution in [1.29, 1.82) is 0 Å². The number of rotatable bonds is 16. The van der Waals surface area contributed by atoms with E-state index in [1.165, 1.54) is 48.0 Å². The third-order valence-electron chi connectivity index (χ3n) is 7.27. The molecule has 1 saturated carbocycles. The first-order chi connectivity index (χ1) is 22.4. The number of benzene rings is 1.